The van der Waals surface area contributed by atoms with E-state index < -0.39 is 0 Å². The lowest BCUT2D eigenvalue weighted by molar-refractivity contribution is 0.0358. The van der Waals surface area contributed by atoms with E-state index in [1.165, 1.54) is 0 Å². The molecule has 0 bridgehead atoms. The summed E-state index contributed by atoms with van der Waals surface area (Å²) in [6.45, 7) is 3.61. The predicted molar refractivity (Wildman–Crippen MR) is 49.5 cm³/mol. The van der Waals surface area contributed by atoms with E-state index in [0.717, 1.165) is 12.0 Å². The number of rotatable bonds is 1. The Hall–Kier alpha value is -1.57. The van der Waals surface area contributed by atoms with Crippen LogP contribution in [0.2, 0.25) is 0 Å². The molecule has 0 saturated carbocycles. The van der Waals surface area contributed by atoms with Crippen molar-refractivity contribution in [3.05, 3.63) is 48.0 Å². The molecule has 1 unspecified atom stereocenters. The number of esters is 1. The zero-order valence-electron chi connectivity index (χ0n) is 7.19. The average Bonchev–Trinajstić information content (AvgIpc) is 2.18. The van der Waals surface area contributed by atoms with Gasteiger partial charge in [-0.25, -0.2) is 4.79 Å². The normalized spacial score (nSPS) is 20.3. The third-order valence-corrected chi connectivity index (χ3v) is 2.18. The first-order valence-electron chi connectivity index (χ1n) is 4.22. The van der Waals surface area contributed by atoms with Gasteiger partial charge in [0, 0.05) is 6.42 Å². The molecule has 0 amide bonds. The number of hydrogen-bond donors (Lipinski definition) is 0. The standard InChI is InChI=1S/C11H10O2/c1-2-9-7-8-5-3-4-6-10(8)11(12)13-9/h2-6,9H,1,7H2. The van der Waals surface area contributed by atoms with E-state index >= 15 is 0 Å². The van der Waals surface area contributed by atoms with Gasteiger partial charge in [-0.05, 0) is 11.6 Å². The maximum absolute atomic E-state index is 11.4. The van der Waals surface area contributed by atoms with Gasteiger partial charge in [-0.3, -0.25) is 0 Å². The van der Waals surface area contributed by atoms with Gasteiger partial charge in [0.2, 0.25) is 0 Å². The lowest BCUT2D eigenvalue weighted by Crippen LogP contribution is -2.25. The van der Waals surface area contributed by atoms with Crippen LogP contribution >= 0.6 is 0 Å². The lowest BCUT2D eigenvalue weighted by atomic mass is 9.99. The molecule has 1 heterocycles. The number of carbonyl (C=O) groups excluding carboxylic acids is 1. The molecule has 1 aliphatic rings. The molecule has 1 aromatic carbocycles. The summed E-state index contributed by atoms with van der Waals surface area (Å²) in [4.78, 5) is 11.4. The van der Waals surface area contributed by atoms with Gasteiger partial charge in [-0.1, -0.05) is 30.9 Å². The van der Waals surface area contributed by atoms with Crippen molar-refractivity contribution in [1.29, 1.82) is 0 Å². The van der Waals surface area contributed by atoms with Crippen LogP contribution in [0.15, 0.2) is 36.9 Å². The predicted octanol–water partition coefficient (Wildman–Crippen LogP) is 1.95. The number of carbonyl (C=O) groups is 1. The van der Waals surface area contributed by atoms with Crippen LogP contribution in [0, 0.1) is 0 Å². The highest BCUT2D eigenvalue weighted by Gasteiger charge is 2.23. The first kappa shape index (κ1) is 8.05. The molecule has 0 N–H and O–H groups in total. The van der Waals surface area contributed by atoms with Crippen molar-refractivity contribution in [2.75, 3.05) is 0 Å². The fourth-order valence-corrected chi connectivity index (χ4v) is 1.49. The number of fused-ring (bicyclic) bond motifs is 1. The Morgan fingerprint density at radius 1 is 1.46 bits per heavy atom. The Morgan fingerprint density at radius 3 is 3.00 bits per heavy atom. The Kier molecular flexibility index (Phi) is 1.89. The molecular weight excluding hydrogens is 164 g/mol. The molecule has 0 spiro atoms. The second kappa shape index (κ2) is 3.05. The van der Waals surface area contributed by atoms with Crippen molar-refractivity contribution in [3.8, 4) is 0 Å². The maximum Gasteiger partial charge on any atom is 0.339 e. The van der Waals surface area contributed by atoms with E-state index in [1.807, 2.05) is 18.2 Å². The lowest BCUT2D eigenvalue weighted by Gasteiger charge is -2.21. The first-order valence-corrected chi connectivity index (χ1v) is 4.22. The van der Waals surface area contributed by atoms with E-state index in [2.05, 4.69) is 6.58 Å². The Bertz CT molecular complexity index is 355. The van der Waals surface area contributed by atoms with Crippen LogP contribution in [0.4, 0.5) is 0 Å². The Balaban J connectivity index is 2.42. The molecule has 0 aromatic heterocycles. The van der Waals surface area contributed by atoms with Gasteiger partial charge < -0.3 is 4.74 Å². The van der Waals surface area contributed by atoms with Crippen LogP contribution in [0.3, 0.4) is 0 Å². The molecule has 0 fully saturated rings. The Morgan fingerprint density at radius 2 is 2.23 bits per heavy atom. The molecular formula is C11H10O2. The quantitative estimate of drug-likeness (QED) is 0.480. The summed E-state index contributed by atoms with van der Waals surface area (Å²) < 4.78 is 5.10. The second-order valence-electron chi connectivity index (χ2n) is 3.04. The summed E-state index contributed by atoms with van der Waals surface area (Å²) in [5.41, 5.74) is 1.73. The van der Waals surface area contributed by atoms with Crippen molar-refractivity contribution >= 4 is 5.97 Å². The fourth-order valence-electron chi connectivity index (χ4n) is 1.49. The molecule has 1 atom stereocenters. The zero-order chi connectivity index (χ0) is 9.26. The first-order chi connectivity index (χ1) is 6.31. The number of benzene rings is 1. The van der Waals surface area contributed by atoms with Crippen molar-refractivity contribution in [2.24, 2.45) is 0 Å². The van der Waals surface area contributed by atoms with Crippen molar-refractivity contribution < 1.29 is 9.53 Å². The van der Waals surface area contributed by atoms with E-state index in [9.17, 15) is 4.79 Å². The van der Waals surface area contributed by atoms with E-state index in [4.69, 9.17) is 4.74 Å². The van der Waals surface area contributed by atoms with Gasteiger partial charge >= 0.3 is 5.97 Å². The van der Waals surface area contributed by atoms with Crippen LogP contribution in [0.1, 0.15) is 15.9 Å². The van der Waals surface area contributed by atoms with Crippen LogP contribution in [0.5, 0.6) is 0 Å². The molecule has 1 aromatic rings. The minimum atomic E-state index is -0.244. The second-order valence-corrected chi connectivity index (χ2v) is 3.04. The number of ether oxygens (including phenoxy) is 1. The topological polar surface area (TPSA) is 26.3 Å². The van der Waals surface area contributed by atoms with Gasteiger partial charge in [0.25, 0.3) is 0 Å². The van der Waals surface area contributed by atoms with Gasteiger partial charge in [0.15, 0.2) is 0 Å². The summed E-state index contributed by atoms with van der Waals surface area (Å²) >= 11 is 0. The minimum absolute atomic E-state index is 0.164. The van der Waals surface area contributed by atoms with Gasteiger partial charge in [-0.2, -0.15) is 0 Å². The highest BCUT2D eigenvalue weighted by atomic mass is 16.5. The van der Waals surface area contributed by atoms with Crippen molar-refractivity contribution in [3.63, 3.8) is 0 Å². The summed E-state index contributed by atoms with van der Waals surface area (Å²) in [6, 6.07) is 7.51. The largest absolute Gasteiger partial charge is 0.454 e. The summed E-state index contributed by atoms with van der Waals surface area (Å²) in [6.07, 6.45) is 2.24. The van der Waals surface area contributed by atoms with Crippen molar-refractivity contribution in [1.82, 2.24) is 0 Å². The third-order valence-electron chi connectivity index (χ3n) is 2.18. The molecule has 0 saturated heterocycles. The van der Waals surface area contributed by atoms with E-state index in [1.54, 1.807) is 12.1 Å². The van der Waals surface area contributed by atoms with Gasteiger partial charge in [-0.15, -0.1) is 0 Å². The molecule has 1 aliphatic heterocycles. The van der Waals surface area contributed by atoms with Crippen LogP contribution in [-0.2, 0) is 11.2 Å². The summed E-state index contributed by atoms with van der Waals surface area (Å²) in [5, 5.41) is 0. The highest BCUT2D eigenvalue weighted by molar-refractivity contribution is 5.92. The molecule has 0 radical (unpaired) electrons. The smallest absolute Gasteiger partial charge is 0.339 e. The maximum atomic E-state index is 11.4. The SMILES string of the molecule is C=CC1Cc2ccccc2C(=O)O1. The molecule has 2 nitrogen and oxygen atoms in total. The van der Waals surface area contributed by atoms with Gasteiger partial charge in [0.1, 0.15) is 6.10 Å². The van der Waals surface area contributed by atoms with E-state index in [-0.39, 0.29) is 12.1 Å². The number of cyclic esters (lactones) is 1. The van der Waals surface area contributed by atoms with Crippen LogP contribution < -0.4 is 0 Å². The molecule has 66 valence electrons. The minimum Gasteiger partial charge on any atom is -0.454 e. The highest BCUT2D eigenvalue weighted by Crippen LogP contribution is 2.20. The summed E-state index contributed by atoms with van der Waals surface area (Å²) in [7, 11) is 0. The fraction of sp³-hybridized carbons (Fsp3) is 0.182. The third kappa shape index (κ3) is 1.35. The van der Waals surface area contributed by atoms with Crippen LogP contribution in [-0.4, -0.2) is 12.1 Å². The molecule has 2 rings (SSSR count). The van der Waals surface area contributed by atoms with Crippen LogP contribution in [0.25, 0.3) is 0 Å². The molecule has 13 heavy (non-hydrogen) atoms. The average molecular weight is 174 g/mol. The molecule has 0 aliphatic carbocycles. The summed E-state index contributed by atoms with van der Waals surface area (Å²) in [5.74, 6) is -0.244. The monoisotopic (exact) mass is 174 g/mol. The Labute approximate surface area is 76.8 Å². The number of hydrogen-bond acceptors (Lipinski definition) is 2. The van der Waals surface area contributed by atoms with E-state index in [0.29, 0.717) is 5.56 Å². The molecule has 2 heteroatoms. The van der Waals surface area contributed by atoms with Gasteiger partial charge in [0.05, 0.1) is 5.56 Å². The zero-order valence-corrected chi connectivity index (χ0v) is 7.19. The van der Waals surface area contributed by atoms with Crippen molar-refractivity contribution in [2.45, 2.75) is 12.5 Å².